The maximum atomic E-state index is 12.0. The first-order valence-electron chi connectivity index (χ1n) is 7.66. The number of aliphatic carboxylic acids is 1. The average molecular weight is 334 g/mol. The van der Waals surface area contributed by atoms with Gasteiger partial charge in [-0.05, 0) is 29.6 Å². The Hall–Kier alpha value is -2.39. The number of benzene rings is 1. The van der Waals surface area contributed by atoms with Crippen LogP contribution >= 0.6 is 0 Å². The van der Waals surface area contributed by atoms with Crippen molar-refractivity contribution in [1.82, 2.24) is 10.6 Å². The number of amides is 2. The van der Waals surface area contributed by atoms with Crippen LogP contribution in [-0.4, -0.2) is 48.1 Å². The molecular formula is C15H19BN2O6. The summed E-state index contributed by atoms with van der Waals surface area (Å²) >= 11 is 0. The monoisotopic (exact) mass is 334 g/mol. The fraction of sp³-hybridized carbons (Fsp3) is 0.400. The summed E-state index contributed by atoms with van der Waals surface area (Å²) < 4.78 is 5.07. The Labute approximate surface area is 139 Å². The Balaban J connectivity index is 1.69. The molecule has 0 radical (unpaired) electrons. The first-order chi connectivity index (χ1) is 11.5. The molecule has 2 rings (SSSR count). The van der Waals surface area contributed by atoms with Gasteiger partial charge in [0, 0.05) is 25.1 Å². The lowest BCUT2D eigenvalue weighted by atomic mass is 9.79. The van der Waals surface area contributed by atoms with Crippen LogP contribution in [0, 0.1) is 0 Å². The fourth-order valence-corrected chi connectivity index (χ4v) is 2.31. The van der Waals surface area contributed by atoms with E-state index >= 15 is 0 Å². The van der Waals surface area contributed by atoms with Crippen LogP contribution in [0.4, 0.5) is 0 Å². The molecule has 128 valence electrons. The molecule has 1 aliphatic heterocycles. The molecule has 0 aliphatic carbocycles. The van der Waals surface area contributed by atoms with E-state index in [9.17, 15) is 19.4 Å². The molecule has 0 saturated heterocycles. The quantitative estimate of drug-likeness (QED) is 0.357. The molecule has 0 aromatic heterocycles. The molecule has 1 heterocycles. The van der Waals surface area contributed by atoms with Crippen molar-refractivity contribution in [1.29, 1.82) is 0 Å². The fourth-order valence-electron chi connectivity index (χ4n) is 2.31. The number of rotatable bonds is 8. The number of carbonyl (C=O) groups is 3. The number of nitrogens with one attached hydrogen (secondary N) is 2. The summed E-state index contributed by atoms with van der Waals surface area (Å²) in [6, 6.07) is 5.01. The maximum absolute atomic E-state index is 12.0. The normalized spacial score (nSPS) is 12.6. The zero-order chi connectivity index (χ0) is 17.5. The van der Waals surface area contributed by atoms with Gasteiger partial charge in [-0.3, -0.25) is 14.4 Å². The summed E-state index contributed by atoms with van der Waals surface area (Å²) in [5.74, 6) is -1.50. The van der Waals surface area contributed by atoms with E-state index in [4.69, 9.17) is 9.76 Å². The number of fused-ring (bicyclic) bond motifs is 1. The zero-order valence-electron chi connectivity index (χ0n) is 13.1. The summed E-state index contributed by atoms with van der Waals surface area (Å²) in [6.45, 7) is 0.747. The molecule has 0 fully saturated rings. The molecular weight excluding hydrogens is 315 g/mol. The largest absolute Gasteiger partial charge is 0.491 e. The highest BCUT2D eigenvalue weighted by molar-refractivity contribution is 6.61. The molecule has 0 unspecified atom stereocenters. The average Bonchev–Trinajstić information content (AvgIpc) is 2.92. The minimum Gasteiger partial charge on any atom is -0.481 e. The van der Waals surface area contributed by atoms with E-state index in [0.29, 0.717) is 30.6 Å². The highest BCUT2D eigenvalue weighted by Crippen LogP contribution is 2.11. The van der Waals surface area contributed by atoms with E-state index in [1.165, 1.54) is 0 Å². The first-order valence-corrected chi connectivity index (χ1v) is 7.66. The van der Waals surface area contributed by atoms with Gasteiger partial charge in [0.2, 0.25) is 5.91 Å². The van der Waals surface area contributed by atoms with E-state index in [1.807, 2.05) is 0 Å². The maximum Gasteiger partial charge on any atom is 0.491 e. The van der Waals surface area contributed by atoms with Crippen molar-refractivity contribution in [2.75, 3.05) is 13.1 Å². The van der Waals surface area contributed by atoms with E-state index in [1.54, 1.807) is 18.2 Å². The third kappa shape index (κ3) is 5.07. The summed E-state index contributed by atoms with van der Waals surface area (Å²) in [5.41, 5.74) is 1.88. The molecule has 0 spiro atoms. The predicted octanol–water partition coefficient (Wildman–Crippen LogP) is -0.995. The Morgan fingerprint density at radius 1 is 1.17 bits per heavy atom. The lowest BCUT2D eigenvalue weighted by molar-refractivity contribution is -0.136. The number of hydrogen-bond donors (Lipinski definition) is 4. The molecule has 9 heteroatoms. The van der Waals surface area contributed by atoms with Gasteiger partial charge in [-0.2, -0.15) is 0 Å². The number of carboxylic acids is 1. The molecule has 2 amide bonds. The highest BCUT2D eigenvalue weighted by atomic mass is 16.5. The van der Waals surface area contributed by atoms with Gasteiger partial charge in [0.25, 0.3) is 5.91 Å². The van der Waals surface area contributed by atoms with Gasteiger partial charge in [-0.1, -0.05) is 6.07 Å². The van der Waals surface area contributed by atoms with Gasteiger partial charge in [0.05, 0.1) is 13.0 Å². The Bertz CT molecular complexity index is 636. The molecule has 1 aromatic rings. The third-order valence-corrected chi connectivity index (χ3v) is 3.60. The van der Waals surface area contributed by atoms with Gasteiger partial charge in [-0.15, -0.1) is 0 Å². The SMILES string of the molecule is O=C(O)CCNC(=O)CCCNC(=O)c1ccc2c(c1)B(O)OC2. The minimum absolute atomic E-state index is 0.0973. The minimum atomic E-state index is -0.998. The van der Waals surface area contributed by atoms with E-state index < -0.39 is 13.1 Å². The molecule has 8 nitrogen and oxygen atoms in total. The van der Waals surface area contributed by atoms with Crippen molar-refractivity contribution in [3.63, 3.8) is 0 Å². The topological polar surface area (TPSA) is 125 Å². The molecule has 0 atom stereocenters. The van der Waals surface area contributed by atoms with Crippen LogP contribution in [0.25, 0.3) is 0 Å². The van der Waals surface area contributed by atoms with E-state index in [0.717, 1.165) is 5.56 Å². The van der Waals surface area contributed by atoms with Crippen LogP contribution in [0.3, 0.4) is 0 Å². The predicted molar refractivity (Wildman–Crippen MR) is 85.7 cm³/mol. The van der Waals surface area contributed by atoms with Crippen LogP contribution < -0.4 is 16.1 Å². The summed E-state index contributed by atoms with van der Waals surface area (Å²) in [5, 5.41) is 23.3. The second-order valence-electron chi connectivity index (χ2n) is 5.43. The van der Waals surface area contributed by atoms with Crippen LogP contribution in [-0.2, 0) is 20.9 Å². The lowest BCUT2D eigenvalue weighted by Crippen LogP contribution is -2.31. The van der Waals surface area contributed by atoms with Crippen LogP contribution in [0.2, 0.25) is 0 Å². The van der Waals surface area contributed by atoms with Crippen molar-refractivity contribution < 1.29 is 29.2 Å². The van der Waals surface area contributed by atoms with Crippen molar-refractivity contribution in [3.8, 4) is 0 Å². The number of carbonyl (C=O) groups excluding carboxylic acids is 2. The zero-order valence-corrected chi connectivity index (χ0v) is 13.1. The van der Waals surface area contributed by atoms with Crippen LogP contribution in [0.1, 0.15) is 35.2 Å². The third-order valence-electron chi connectivity index (χ3n) is 3.60. The summed E-state index contributed by atoms with van der Waals surface area (Å²) in [6.07, 6.45) is 0.536. The Morgan fingerprint density at radius 3 is 2.71 bits per heavy atom. The molecule has 0 saturated carbocycles. The molecule has 24 heavy (non-hydrogen) atoms. The van der Waals surface area contributed by atoms with Gasteiger partial charge in [0.15, 0.2) is 0 Å². The second-order valence-corrected chi connectivity index (χ2v) is 5.43. The summed E-state index contributed by atoms with van der Waals surface area (Å²) in [7, 11) is -0.998. The van der Waals surface area contributed by atoms with Gasteiger partial charge >= 0.3 is 13.1 Å². The van der Waals surface area contributed by atoms with E-state index in [2.05, 4.69) is 10.6 Å². The smallest absolute Gasteiger partial charge is 0.481 e. The molecule has 1 aliphatic rings. The second kappa shape index (κ2) is 8.46. The summed E-state index contributed by atoms with van der Waals surface area (Å²) in [4.78, 5) is 33.8. The molecule has 1 aromatic carbocycles. The van der Waals surface area contributed by atoms with Crippen molar-refractivity contribution in [2.45, 2.75) is 25.9 Å². The van der Waals surface area contributed by atoms with Crippen molar-refractivity contribution >= 4 is 30.4 Å². The van der Waals surface area contributed by atoms with Crippen LogP contribution in [0.15, 0.2) is 18.2 Å². The van der Waals surface area contributed by atoms with Gasteiger partial charge in [0.1, 0.15) is 0 Å². The van der Waals surface area contributed by atoms with Crippen molar-refractivity contribution in [3.05, 3.63) is 29.3 Å². The molecule has 0 bridgehead atoms. The Kier molecular flexibility index (Phi) is 6.33. The van der Waals surface area contributed by atoms with Gasteiger partial charge in [-0.25, -0.2) is 0 Å². The highest BCUT2D eigenvalue weighted by Gasteiger charge is 2.27. The molecule has 4 N–H and O–H groups in total. The van der Waals surface area contributed by atoms with E-state index in [-0.39, 0.29) is 31.2 Å². The number of carboxylic acid groups (broad SMARTS) is 1. The number of hydrogen-bond acceptors (Lipinski definition) is 5. The van der Waals surface area contributed by atoms with Crippen LogP contribution in [0.5, 0.6) is 0 Å². The Morgan fingerprint density at radius 2 is 1.96 bits per heavy atom. The van der Waals surface area contributed by atoms with Gasteiger partial charge < -0.3 is 25.4 Å². The standard InChI is InChI=1S/C15H19BN2O6/c19-13(17-7-5-14(20)21)2-1-6-18-15(22)10-3-4-11-9-24-16(23)12(11)8-10/h3-4,8,23H,1-2,5-7,9H2,(H,17,19)(H,18,22)(H,20,21). The van der Waals surface area contributed by atoms with Crippen molar-refractivity contribution in [2.24, 2.45) is 0 Å². The lowest BCUT2D eigenvalue weighted by Gasteiger charge is -2.07. The first kappa shape index (κ1) is 18.0.